The van der Waals surface area contributed by atoms with Crippen molar-refractivity contribution >= 4 is 21.8 Å². The first kappa shape index (κ1) is 30.6. The molecule has 45 heavy (non-hydrogen) atoms. The molecular formula is C39H34N4OPt. The molecule has 0 radical (unpaired) electrons. The first-order valence-corrected chi connectivity index (χ1v) is 15.2. The predicted molar refractivity (Wildman–Crippen MR) is 178 cm³/mol. The first-order valence-electron chi connectivity index (χ1n) is 15.2. The van der Waals surface area contributed by atoms with Gasteiger partial charge in [0, 0.05) is 34.5 Å². The molecule has 6 heteroatoms. The van der Waals surface area contributed by atoms with Gasteiger partial charge < -0.3 is 9.30 Å². The number of fused-ring (bicyclic) bond motifs is 3. The van der Waals surface area contributed by atoms with Crippen LogP contribution >= 0.6 is 0 Å². The molecule has 3 aromatic heterocycles. The Hall–Kier alpha value is -4.47. The molecule has 0 N–H and O–H groups in total. The zero-order chi connectivity index (χ0) is 30.4. The molecule has 7 aromatic rings. The summed E-state index contributed by atoms with van der Waals surface area (Å²) in [5, 5.41) is 7.29. The van der Waals surface area contributed by atoms with E-state index in [1.807, 2.05) is 41.2 Å². The van der Waals surface area contributed by atoms with Crippen molar-refractivity contribution < 1.29 is 25.8 Å². The van der Waals surface area contributed by atoms with E-state index in [1.54, 1.807) is 0 Å². The Morgan fingerprint density at radius 3 is 2.29 bits per heavy atom. The first-order chi connectivity index (χ1) is 21.4. The summed E-state index contributed by atoms with van der Waals surface area (Å²) in [5.41, 5.74) is 11.2. The summed E-state index contributed by atoms with van der Waals surface area (Å²) in [4.78, 5) is 4.69. The minimum atomic E-state index is 0. The molecule has 3 heterocycles. The molecule has 0 atom stereocenters. The summed E-state index contributed by atoms with van der Waals surface area (Å²) < 4.78 is 10.6. The van der Waals surface area contributed by atoms with Gasteiger partial charge in [-0.1, -0.05) is 55.3 Å². The van der Waals surface area contributed by atoms with E-state index in [2.05, 4.69) is 106 Å². The Balaban J connectivity index is 0.00000357. The van der Waals surface area contributed by atoms with Crippen LogP contribution < -0.4 is 4.74 Å². The number of aryl methyl sites for hydroxylation is 4. The molecule has 226 valence electrons. The molecule has 0 aliphatic heterocycles. The van der Waals surface area contributed by atoms with Gasteiger partial charge in [-0.2, -0.15) is 17.2 Å². The second kappa shape index (κ2) is 12.5. The Morgan fingerprint density at radius 1 is 0.756 bits per heavy atom. The van der Waals surface area contributed by atoms with E-state index in [-0.39, 0.29) is 21.1 Å². The van der Waals surface area contributed by atoms with Crippen molar-refractivity contribution in [1.29, 1.82) is 0 Å². The van der Waals surface area contributed by atoms with E-state index < -0.39 is 0 Å². The fraction of sp³-hybridized carbons (Fsp3) is 0.179. The smallest absolute Gasteiger partial charge is 0.509 e. The monoisotopic (exact) mass is 769 g/mol. The molecular weight excluding hydrogens is 736 g/mol. The average molecular weight is 770 g/mol. The van der Waals surface area contributed by atoms with Crippen molar-refractivity contribution in [2.75, 3.05) is 0 Å². The van der Waals surface area contributed by atoms with Crippen LogP contribution in [0.1, 0.15) is 41.4 Å². The number of para-hydroxylation sites is 1. The number of nitrogens with zero attached hydrogens (tertiary/aromatic N) is 4. The van der Waals surface area contributed by atoms with Gasteiger partial charge in [0.2, 0.25) is 0 Å². The van der Waals surface area contributed by atoms with Gasteiger partial charge in [0.25, 0.3) is 0 Å². The molecule has 0 spiro atoms. The molecule has 0 aliphatic rings. The van der Waals surface area contributed by atoms with Crippen molar-refractivity contribution in [1.82, 2.24) is 19.3 Å². The van der Waals surface area contributed by atoms with Gasteiger partial charge in [-0.25, -0.2) is 4.98 Å². The Morgan fingerprint density at radius 2 is 1.51 bits per heavy atom. The Labute approximate surface area is 278 Å². The molecule has 7 rings (SSSR count). The molecule has 5 nitrogen and oxygen atoms in total. The van der Waals surface area contributed by atoms with Crippen LogP contribution in [0.3, 0.4) is 0 Å². The van der Waals surface area contributed by atoms with Gasteiger partial charge in [-0.3, -0.25) is 4.68 Å². The second-order valence-corrected chi connectivity index (χ2v) is 11.5. The maximum Gasteiger partial charge on any atom is 2.00 e. The SMILES string of the molecule is CCCc1c(-c2c(C)cccc2C)c(C)nn1-c1[c-]c(Oc2[c-]c3c(cc2)c2ccccc2n3-c2cc(C)ccn2)ccc1.[Pt+2]. The molecule has 0 bridgehead atoms. The van der Waals surface area contributed by atoms with E-state index in [0.717, 1.165) is 57.4 Å². The van der Waals surface area contributed by atoms with E-state index in [0.29, 0.717) is 11.5 Å². The zero-order valence-corrected chi connectivity index (χ0v) is 28.4. The summed E-state index contributed by atoms with van der Waals surface area (Å²) in [6.45, 7) is 10.7. The molecule has 0 aliphatic carbocycles. The van der Waals surface area contributed by atoms with E-state index in [1.165, 1.54) is 27.9 Å². The van der Waals surface area contributed by atoms with Crippen molar-refractivity contribution in [3.05, 3.63) is 131 Å². The van der Waals surface area contributed by atoms with Crippen LogP contribution in [0.5, 0.6) is 11.5 Å². The third kappa shape index (κ3) is 5.51. The van der Waals surface area contributed by atoms with Crippen molar-refractivity contribution in [3.8, 4) is 34.1 Å². The fourth-order valence-electron chi connectivity index (χ4n) is 6.33. The summed E-state index contributed by atoms with van der Waals surface area (Å²) in [7, 11) is 0. The summed E-state index contributed by atoms with van der Waals surface area (Å²) >= 11 is 0. The van der Waals surface area contributed by atoms with Crippen LogP contribution in [0.4, 0.5) is 0 Å². The maximum absolute atomic E-state index is 6.43. The van der Waals surface area contributed by atoms with Crippen LogP contribution in [0, 0.1) is 39.8 Å². The second-order valence-electron chi connectivity index (χ2n) is 11.5. The number of benzene rings is 4. The molecule has 0 unspecified atom stereocenters. The van der Waals surface area contributed by atoms with Gasteiger partial charge in [0.05, 0.1) is 5.69 Å². The van der Waals surface area contributed by atoms with Crippen molar-refractivity contribution in [3.63, 3.8) is 0 Å². The summed E-state index contributed by atoms with van der Waals surface area (Å²) in [6, 6.07) is 36.1. The van der Waals surface area contributed by atoms with Gasteiger partial charge in [-0.15, -0.1) is 35.7 Å². The quantitative estimate of drug-likeness (QED) is 0.152. The molecule has 0 saturated heterocycles. The third-order valence-electron chi connectivity index (χ3n) is 8.26. The van der Waals surface area contributed by atoms with Crippen LogP contribution in [-0.2, 0) is 27.5 Å². The number of aromatic nitrogens is 4. The zero-order valence-electron chi connectivity index (χ0n) is 26.1. The van der Waals surface area contributed by atoms with E-state index in [9.17, 15) is 0 Å². The van der Waals surface area contributed by atoms with Gasteiger partial charge in [-0.05, 0) is 85.6 Å². The van der Waals surface area contributed by atoms with Crippen molar-refractivity contribution in [2.24, 2.45) is 0 Å². The maximum atomic E-state index is 6.43. The topological polar surface area (TPSA) is 44.9 Å². The van der Waals surface area contributed by atoms with Crippen molar-refractivity contribution in [2.45, 2.75) is 47.5 Å². The van der Waals surface area contributed by atoms with Gasteiger partial charge in [0.15, 0.2) is 0 Å². The molecule has 0 saturated carbocycles. The normalized spacial score (nSPS) is 11.2. The van der Waals surface area contributed by atoms with Crippen LogP contribution in [-0.4, -0.2) is 19.3 Å². The number of rotatable bonds is 7. The van der Waals surface area contributed by atoms with Crippen LogP contribution in [0.2, 0.25) is 0 Å². The minimum absolute atomic E-state index is 0. The number of pyridine rings is 1. The van der Waals surface area contributed by atoms with Crippen LogP contribution in [0.25, 0.3) is 44.4 Å². The molecule has 0 fully saturated rings. The standard InChI is InChI=1S/C39H34N4O.Pt/c1-6-11-35-39(38-26(3)12-9-13-27(38)4)28(5)41-43(35)29-14-10-15-30(23-29)44-31-18-19-33-32-16-7-8-17-34(32)42(36(33)24-31)37-22-25(2)20-21-40-37;/h7-10,12-22H,6,11H2,1-5H3;/q-2;+2. The van der Waals surface area contributed by atoms with E-state index >= 15 is 0 Å². The third-order valence-corrected chi connectivity index (χ3v) is 8.26. The largest absolute Gasteiger partial charge is 2.00 e. The molecule has 0 amide bonds. The minimum Gasteiger partial charge on any atom is -0.509 e. The Bertz CT molecular complexity index is 2150. The summed E-state index contributed by atoms with van der Waals surface area (Å²) in [6.07, 6.45) is 3.77. The van der Waals surface area contributed by atoms with Crippen LogP contribution in [0.15, 0.2) is 91.1 Å². The predicted octanol–water partition coefficient (Wildman–Crippen LogP) is 9.61. The molecule has 4 aromatic carbocycles. The number of ether oxygens (including phenoxy) is 1. The number of hydrogen-bond donors (Lipinski definition) is 0. The fourth-order valence-corrected chi connectivity index (χ4v) is 6.33. The number of hydrogen-bond acceptors (Lipinski definition) is 3. The van der Waals surface area contributed by atoms with E-state index in [4.69, 9.17) is 14.8 Å². The van der Waals surface area contributed by atoms with Gasteiger partial charge in [0.1, 0.15) is 5.82 Å². The summed E-state index contributed by atoms with van der Waals surface area (Å²) in [5.74, 6) is 2.08. The average Bonchev–Trinajstić information content (AvgIpc) is 3.51. The van der Waals surface area contributed by atoms with Gasteiger partial charge >= 0.3 is 21.1 Å². The Kier molecular flexibility index (Phi) is 8.48.